The number of hydrogen-bond acceptors (Lipinski definition) is 6. The molecule has 0 aliphatic heterocycles. The maximum absolute atomic E-state index is 14.1. The highest BCUT2D eigenvalue weighted by molar-refractivity contribution is 6.13. The molecule has 0 radical (unpaired) electrons. The zero-order valence-electron chi connectivity index (χ0n) is 38.2. The van der Waals surface area contributed by atoms with E-state index in [-0.39, 0.29) is 11.6 Å². The van der Waals surface area contributed by atoms with Crippen LogP contribution in [0.25, 0.3) is 77.7 Å². The summed E-state index contributed by atoms with van der Waals surface area (Å²) in [7, 11) is 3.42. The van der Waals surface area contributed by atoms with Crippen LogP contribution in [0.2, 0.25) is 0 Å². The Morgan fingerprint density at radius 2 is 1.20 bits per heavy atom. The van der Waals surface area contributed by atoms with Gasteiger partial charge in [-0.25, -0.2) is 14.8 Å². The average Bonchev–Trinajstić information content (AvgIpc) is 3.77. The monoisotopic (exact) mass is 874 g/mol. The van der Waals surface area contributed by atoms with E-state index in [1.807, 2.05) is 30.3 Å². The minimum absolute atomic E-state index is 0.196. The average molecular weight is 875 g/mol. The molecule has 8 aromatic rings. The van der Waals surface area contributed by atoms with Gasteiger partial charge < -0.3 is 19.1 Å². The number of pyridine rings is 2. The molecule has 1 N–H and O–H groups in total. The van der Waals surface area contributed by atoms with E-state index in [1.54, 1.807) is 20.4 Å². The second kappa shape index (κ2) is 18.0. The first-order valence-electron chi connectivity index (χ1n) is 24.4. The van der Waals surface area contributed by atoms with Crippen molar-refractivity contribution >= 4 is 38.8 Å². The van der Waals surface area contributed by atoms with E-state index < -0.39 is 5.97 Å². The molecule has 334 valence electrons. The lowest BCUT2D eigenvalue weighted by atomic mass is 9.79. The van der Waals surface area contributed by atoms with Gasteiger partial charge in [0.05, 0.1) is 47.5 Å². The van der Waals surface area contributed by atoms with Crippen molar-refractivity contribution in [1.82, 2.24) is 19.5 Å². The van der Waals surface area contributed by atoms with Crippen LogP contribution in [0.5, 0.6) is 11.5 Å². The van der Waals surface area contributed by atoms with Crippen LogP contribution in [0.1, 0.15) is 136 Å². The SMILES string of the molecule is COc1ccc(C2CCCCC2)c(-c2ccc3cc(-c4nc5c(-c6ccc7ncccc7c6)c(C(=O)O)c(-c6cc(OC)ccc6C6CCCCC6)cc5n4C4CCCCC4)ccc3n2)c1. The predicted molar refractivity (Wildman–Crippen MR) is 266 cm³/mol. The first kappa shape index (κ1) is 42.1. The molecule has 5 aromatic carbocycles. The van der Waals surface area contributed by atoms with Crippen molar-refractivity contribution in [2.45, 2.75) is 114 Å². The maximum Gasteiger partial charge on any atom is 0.337 e. The quantitative estimate of drug-likeness (QED) is 0.146. The number of fused-ring (bicyclic) bond motifs is 3. The Morgan fingerprint density at radius 3 is 1.88 bits per heavy atom. The lowest BCUT2D eigenvalue weighted by Crippen LogP contribution is -2.14. The molecule has 3 heterocycles. The molecule has 3 saturated carbocycles. The first-order valence-corrected chi connectivity index (χ1v) is 24.4. The topological polar surface area (TPSA) is 99.4 Å². The number of carboxylic acids is 1. The Balaban J connectivity index is 1.14. The van der Waals surface area contributed by atoms with Crippen LogP contribution in [0, 0.1) is 0 Å². The molecule has 0 atom stereocenters. The molecule has 3 fully saturated rings. The Hall–Kier alpha value is -6.54. The lowest BCUT2D eigenvalue weighted by Gasteiger charge is -2.27. The van der Waals surface area contributed by atoms with E-state index in [4.69, 9.17) is 19.4 Å². The van der Waals surface area contributed by atoms with E-state index in [0.29, 0.717) is 34.2 Å². The molecule has 0 amide bonds. The Bertz CT molecular complexity index is 3120. The molecule has 11 rings (SSSR count). The second-order valence-electron chi connectivity index (χ2n) is 19.0. The number of benzene rings is 5. The number of aromatic nitrogens is 4. The lowest BCUT2D eigenvalue weighted by molar-refractivity contribution is 0.0698. The van der Waals surface area contributed by atoms with Gasteiger partial charge in [0.25, 0.3) is 0 Å². The predicted octanol–water partition coefficient (Wildman–Crippen LogP) is 15.1. The van der Waals surface area contributed by atoms with Gasteiger partial charge in [-0.15, -0.1) is 0 Å². The summed E-state index contributed by atoms with van der Waals surface area (Å²) in [5.74, 6) is 2.29. The third kappa shape index (κ3) is 7.78. The minimum atomic E-state index is -0.977. The number of imidazole rings is 1. The largest absolute Gasteiger partial charge is 0.497 e. The molecular formula is C58H58N4O4. The van der Waals surface area contributed by atoms with Crippen molar-refractivity contribution in [1.29, 1.82) is 0 Å². The summed E-state index contributed by atoms with van der Waals surface area (Å²) in [6.07, 6.45) is 19.3. The second-order valence-corrected chi connectivity index (χ2v) is 19.0. The molecular weight excluding hydrogens is 817 g/mol. The van der Waals surface area contributed by atoms with E-state index in [2.05, 4.69) is 82.3 Å². The normalized spacial score (nSPS) is 16.6. The van der Waals surface area contributed by atoms with E-state index in [0.717, 1.165) is 105 Å². The highest BCUT2D eigenvalue weighted by Gasteiger charge is 2.31. The number of methoxy groups -OCH3 is 2. The molecule has 0 unspecified atom stereocenters. The van der Waals surface area contributed by atoms with E-state index >= 15 is 0 Å². The molecule has 8 nitrogen and oxygen atoms in total. The fourth-order valence-electron chi connectivity index (χ4n) is 11.8. The van der Waals surface area contributed by atoms with Crippen molar-refractivity contribution in [2.75, 3.05) is 14.2 Å². The third-order valence-electron chi connectivity index (χ3n) is 15.2. The number of nitrogens with zero attached hydrogens (tertiary/aromatic N) is 4. The third-order valence-corrected chi connectivity index (χ3v) is 15.2. The number of rotatable bonds is 10. The van der Waals surface area contributed by atoms with Gasteiger partial charge in [0, 0.05) is 39.7 Å². The van der Waals surface area contributed by atoms with Gasteiger partial charge in [0.15, 0.2) is 0 Å². The van der Waals surface area contributed by atoms with Crippen molar-refractivity contribution in [3.63, 3.8) is 0 Å². The first-order chi connectivity index (χ1) is 32.4. The molecule has 8 heteroatoms. The molecule has 0 saturated heterocycles. The number of ether oxygens (including phenoxy) is 2. The van der Waals surface area contributed by atoms with Crippen molar-refractivity contribution in [2.24, 2.45) is 0 Å². The Morgan fingerprint density at radius 1 is 0.591 bits per heavy atom. The van der Waals surface area contributed by atoms with Crippen molar-refractivity contribution < 1.29 is 19.4 Å². The van der Waals surface area contributed by atoms with Crippen molar-refractivity contribution in [3.8, 4) is 56.4 Å². The van der Waals surface area contributed by atoms with Gasteiger partial charge in [-0.1, -0.05) is 88.1 Å². The van der Waals surface area contributed by atoms with Crippen molar-refractivity contribution in [3.05, 3.63) is 126 Å². The summed E-state index contributed by atoms with van der Waals surface area (Å²) in [5, 5.41) is 13.5. The molecule has 0 spiro atoms. The fourth-order valence-corrected chi connectivity index (χ4v) is 11.8. The molecule has 3 aromatic heterocycles. The smallest absolute Gasteiger partial charge is 0.337 e. The fraction of sp³-hybridized carbons (Fsp3) is 0.345. The number of carboxylic acid groups (broad SMARTS) is 1. The molecule has 3 aliphatic rings. The summed E-state index contributed by atoms with van der Waals surface area (Å²) < 4.78 is 14.1. The van der Waals surface area contributed by atoms with Crippen LogP contribution < -0.4 is 9.47 Å². The summed E-state index contributed by atoms with van der Waals surface area (Å²) in [6, 6.07) is 36.1. The zero-order valence-corrected chi connectivity index (χ0v) is 38.2. The summed E-state index contributed by atoms with van der Waals surface area (Å²) >= 11 is 0. The van der Waals surface area contributed by atoms with Crippen LogP contribution in [0.4, 0.5) is 0 Å². The molecule has 3 aliphatic carbocycles. The Labute approximate surface area is 387 Å². The van der Waals surface area contributed by atoms with Gasteiger partial charge in [-0.2, -0.15) is 0 Å². The van der Waals surface area contributed by atoms with Gasteiger partial charge in [-0.3, -0.25) is 4.98 Å². The molecule has 66 heavy (non-hydrogen) atoms. The van der Waals surface area contributed by atoms with E-state index in [1.165, 1.54) is 68.9 Å². The van der Waals surface area contributed by atoms with Gasteiger partial charge in [0.1, 0.15) is 17.3 Å². The maximum atomic E-state index is 14.1. The van der Waals surface area contributed by atoms with Gasteiger partial charge in [0.2, 0.25) is 0 Å². The number of aromatic carboxylic acids is 1. The van der Waals surface area contributed by atoms with Crippen LogP contribution >= 0.6 is 0 Å². The summed E-state index contributed by atoms with van der Waals surface area (Å²) in [4.78, 5) is 29.7. The summed E-state index contributed by atoms with van der Waals surface area (Å²) in [5.41, 5.74) is 12.4. The van der Waals surface area contributed by atoms with Gasteiger partial charge in [-0.05, 0) is 151 Å². The van der Waals surface area contributed by atoms with Gasteiger partial charge >= 0.3 is 5.97 Å². The van der Waals surface area contributed by atoms with E-state index in [9.17, 15) is 9.90 Å². The minimum Gasteiger partial charge on any atom is -0.497 e. The molecule has 0 bridgehead atoms. The number of hydrogen-bond donors (Lipinski definition) is 1. The Kier molecular flexibility index (Phi) is 11.5. The highest BCUT2D eigenvalue weighted by atomic mass is 16.5. The van der Waals surface area contributed by atoms with Crippen LogP contribution in [0.15, 0.2) is 109 Å². The highest BCUT2D eigenvalue weighted by Crippen LogP contribution is 2.48. The van der Waals surface area contributed by atoms with Crippen LogP contribution in [-0.4, -0.2) is 44.8 Å². The number of carbonyl (C=O) groups is 1. The standard InChI is InChI=1S/C58H58N4O4/c1-65-43-23-25-45(36-13-6-3-7-14-36)47(33-43)49-35-53-56(54(55(49)58(63)64)40-21-27-50-38(31-40)17-12-30-59-50)61-57(62(53)42-18-10-5-11-19-42)41-22-28-51-39(32-41)20-29-52(60-51)48-34-44(66-2)24-26-46(48)37-15-8-4-9-16-37/h12,17,20-37,42H,3-11,13-16,18-19H2,1-2H3,(H,63,64). The zero-order chi connectivity index (χ0) is 44.7. The van der Waals surface area contributed by atoms with Crippen LogP contribution in [0.3, 0.4) is 0 Å². The summed E-state index contributed by atoms with van der Waals surface area (Å²) in [6.45, 7) is 0. The van der Waals surface area contributed by atoms with Crippen LogP contribution in [-0.2, 0) is 0 Å².